The first-order valence-electron chi connectivity index (χ1n) is 14.0. The Labute approximate surface area is 212 Å². The second kappa shape index (κ2) is 15.3. The quantitative estimate of drug-likeness (QED) is 0.289. The highest BCUT2D eigenvalue weighted by Gasteiger charge is 2.43. The number of aliphatic hydroxyl groups is 1. The fourth-order valence-electron chi connectivity index (χ4n) is 5.43. The summed E-state index contributed by atoms with van der Waals surface area (Å²) in [6.45, 7) is 6.64. The summed E-state index contributed by atoms with van der Waals surface area (Å²) in [5.74, 6) is -0.184. The van der Waals surface area contributed by atoms with Crippen molar-refractivity contribution in [3.8, 4) is 0 Å². The number of allylic oxidation sites excluding steroid dienone is 2. The van der Waals surface area contributed by atoms with Crippen LogP contribution in [0.15, 0.2) is 12.2 Å². The summed E-state index contributed by atoms with van der Waals surface area (Å²) in [6, 6.07) is -1.18. The minimum Gasteiger partial charge on any atom is -0.394 e. The molecule has 3 amide bonds. The summed E-state index contributed by atoms with van der Waals surface area (Å²) in [4.78, 5) is 39.3. The summed E-state index contributed by atoms with van der Waals surface area (Å²) in [6.07, 6.45) is 15.6. The lowest BCUT2D eigenvalue weighted by Crippen LogP contribution is -2.53. The Morgan fingerprint density at radius 3 is 2.49 bits per heavy atom. The third-order valence-electron chi connectivity index (χ3n) is 7.54. The molecule has 0 aliphatic carbocycles. The van der Waals surface area contributed by atoms with Crippen LogP contribution in [0.3, 0.4) is 0 Å². The van der Waals surface area contributed by atoms with Gasteiger partial charge in [-0.15, -0.1) is 0 Å². The standard InChI is InChI=1S/C28H49N3O4/c1-4-5-6-7-10-13-22-14-11-8-9-12-15-28(16-17-29-27(28)35)19-23(20-32)30-26(34)24(18-21(2)3)31-25(22)33/h9,12,21-24,32H,4-8,10-11,13-20H2,1-3H3,(H,29,35)(H,30,34)(H,31,33)/t22?,23-,24-,28?/m0/s1. The zero-order valence-electron chi connectivity index (χ0n) is 22.2. The third kappa shape index (κ3) is 9.59. The van der Waals surface area contributed by atoms with E-state index >= 15 is 0 Å². The Bertz CT molecular complexity index is 708. The molecule has 4 N–H and O–H groups in total. The zero-order valence-corrected chi connectivity index (χ0v) is 22.2. The summed E-state index contributed by atoms with van der Waals surface area (Å²) < 4.78 is 0. The van der Waals surface area contributed by atoms with Gasteiger partial charge in [-0.05, 0) is 57.3 Å². The van der Waals surface area contributed by atoms with E-state index in [1.807, 2.05) is 13.8 Å². The van der Waals surface area contributed by atoms with E-state index < -0.39 is 17.5 Å². The molecule has 7 nitrogen and oxygen atoms in total. The first-order valence-corrected chi connectivity index (χ1v) is 14.0. The van der Waals surface area contributed by atoms with Gasteiger partial charge in [0.15, 0.2) is 0 Å². The molecular weight excluding hydrogens is 442 g/mol. The molecule has 0 aromatic carbocycles. The van der Waals surface area contributed by atoms with Crippen molar-refractivity contribution in [2.24, 2.45) is 17.3 Å². The second-order valence-electron chi connectivity index (χ2n) is 11.1. The summed E-state index contributed by atoms with van der Waals surface area (Å²) >= 11 is 0. The van der Waals surface area contributed by atoms with Crippen LogP contribution in [-0.4, -0.2) is 48.1 Å². The van der Waals surface area contributed by atoms with Crippen LogP contribution in [0.4, 0.5) is 0 Å². The smallest absolute Gasteiger partial charge is 0.242 e. The van der Waals surface area contributed by atoms with Gasteiger partial charge in [-0.1, -0.05) is 65.0 Å². The first-order chi connectivity index (χ1) is 16.8. The minimum atomic E-state index is -0.643. The van der Waals surface area contributed by atoms with Gasteiger partial charge in [0.1, 0.15) is 6.04 Å². The van der Waals surface area contributed by atoms with Crippen molar-refractivity contribution in [3.63, 3.8) is 0 Å². The van der Waals surface area contributed by atoms with Crippen molar-refractivity contribution >= 4 is 17.7 Å². The molecule has 2 unspecified atom stereocenters. The Kier molecular flexibility index (Phi) is 12.8. The van der Waals surface area contributed by atoms with Crippen LogP contribution in [0.2, 0.25) is 0 Å². The minimum absolute atomic E-state index is 0.00524. The van der Waals surface area contributed by atoms with Crippen molar-refractivity contribution in [1.82, 2.24) is 16.0 Å². The van der Waals surface area contributed by atoms with Gasteiger partial charge in [-0.2, -0.15) is 0 Å². The molecule has 1 fully saturated rings. The normalized spacial score (nSPS) is 28.9. The monoisotopic (exact) mass is 491 g/mol. The number of hydrogen-bond donors (Lipinski definition) is 4. The fourth-order valence-corrected chi connectivity index (χ4v) is 5.43. The van der Waals surface area contributed by atoms with Gasteiger partial charge < -0.3 is 21.1 Å². The average molecular weight is 492 g/mol. The molecule has 0 aromatic rings. The lowest BCUT2D eigenvalue weighted by Gasteiger charge is -2.31. The molecule has 0 saturated carbocycles. The molecule has 1 saturated heterocycles. The van der Waals surface area contributed by atoms with Crippen molar-refractivity contribution in [2.45, 2.75) is 116 Å². The van der Waals surface area contributed by atoms with Gasteiger partial charge in [0.25, 0.3) is 0 Å². The van der Waals surface area contributed by atoms with E-state index in [-0.39, 0.29) is 36.2 Å². The van der Waals surface area contributed by atoms with Crippen molar-refractivity contribution in [1.29, 1.82) is 0 Å². The van der Waals surface area contributed by atoms with Crippen molar-refractivity contribution < 1.29 is 19.5 Å². The SMILES string of the molecule is CCCCCCCC1CCCC=CCC2(CCNC2=O)C[C@@H](CO)NC(=O)[C@H](CC(C)C)NC1=O. The van der Waals surface area contributed by atoms with Gasteiger partial charge in [0, 0.05) is 12.5 Å². The van der Waals surface area contributed by atoms with Crippen LogP contribution in [0.1, 0.15) is 104 Å². The zero-order chi connectivity index (χ0) is 25.7. The number of aliphatic hydroxyl groups excluding tert-OH is 1. The molecule has 0 aromatic heterocycles. The maximum atomic E-state index is 13.3. The molecule has 200 valence electrons. The lowest BCUT2D eigenvalue weighted by atomic mass is 9.77. The number of unbranched alkanes of at least 4 members (excludes halogenated alkanes) is 4. The molecule has 0 radical (unpaired) electrons. The molecule has 35 heavy (non-hydrogen) atoms. The van der Waals surface area contributed by atoms with E-state index in [4.69, 9.17) is 0 Å². The van der Waals surface area contributed by atoms with Gasteiger partial charge in [-0.25, -0.2) is 0 Å². The predicted octanol–water partition coefficient (Wildman–Crippen LogP) is 4.00. The Balaban J connectivity index is 2.20. The van der Waals surface area contributed by atoms with Crippen molar-refractivity contribution in [3.05, 3.63) is 12.2 Å². The summed E-state index contributed by atoms with van der Waals surface area (Å²) in [5, 5.41) is 19.0. The molecule has 7 heteroatoms. The highest BCUT2D eigenvalue weighted by Crippen LogP contribution is 2.36. The number of amides is 3. The van der Waals surface area contributed by atoms with E-state index in [1.54, 1.807) is 0 Å². The molecular formula is C28H49N3O4. The van der Waals surface area contributed by atoms with Gasteiger partial charge in [0.05, 0.1) is 18.1 Å². The van der Waals surface area contributed by atoms with E-state index in [9.17, 15) is 19.5 Å². The fraction of sp³-hybridized carbons (Fsp3) is 0.821. The summed E-state index contributed by atoms with van der Waals surface area (Å²) in [5.41, 5.74) is -0.616. The highest BCUT2D eigenvalue weighted by molar-refractivity contribution is 5.89. The predicted molar refractivity (Wildman–Crippen MR) is 140 cm³/mol. The van der Waals surface area contributed by atoms with Gasteiger partial charge in [-0.3, -0.25) is 14.4 Å². The molecule has 2 rings (SSSR count). The molecule has 2 aliphatic heterocycles. The Morgan fingerprint density at radius 2 is 1.83 bits per heavy atom. The number of hydrogen-bond acceptors (Lipinski definition) is 4. The molecule has 4 atom stereocenters. The van der Waals surface area contributed by atoms with Crippen LogP contribution in [-0.2, 0) is 14.4 Å². The highest BCUT2D eigenvalue weighted by atomic mass is 16.3. The van der Waals surface area contributed by atoms with Crippen LogP contribution >= 0.6 is 0 Å². The van der Waals surface area contributed by atoms with Gasteiger partial charge in [0.2, 0.25) is 17.7 Å². The van der Waals surface area contributed by atoms with Crippen LogP contribution in [0, 0.1) is 17.3 Å². The maximum Gasteiger partial charge on any atom is 0.242 e. The summed E-state index contributed by atoms with van der Waals surface area (Å²) in [7, 11) is 0. The van der Waals surface area contributed by atoms with E-state index in [0.717, 1.165) is 38.5 Å². The average Bonchev–Trinajstić information content (AvgIpc) is 3.17. The number of rotatable bonds is 9. The number of carbonyl (C=O) groups excluding carboxylic acids is 3. The van der Waals surface area contributed by atoms with Gasteiger partial charge >= 0.3 is 0 Å². The van der Waals surface area contributed by atoms with E-state index in [0.29, 0.717) is 32.2 Å². The molecule has 0 bridgehead atoms. The largest absolute Gasteiger partial charge is 0.394 e. The topological polar surface area (TPSA) is 108 Å². The van der Waals surface area contributed by atoms with Crippen LogP contribution in [0.25, 0.3) is 0 Å². The molecule has 2 aliphatic rings. The van der Waals surface area contributed by atoms with Crippen LogP contribution < -0.4 is 16.0 Å². The maximum absolute atomic E-state index is 13.3. The number of carbonyl (C=O) groups is 3. The molecule has 1 spiro atoms. The Hall–Kier alpha value is -1.89. The number of nitrogens with one attached hydrogen (secondary N) is 3. The second-order valence-corrected chi connectivity index (χ2v) is 11.1. The molecule has 2 heterocycles. The Morgan fingerprint density at radius 1 is 1.06 bits per heavy atom. The van der Waals surface area contributed by atoms with E-state index in [2.05, 4.69) is 35.0 Å². The first kappa shape index (κ1) is 29.3. The lowest BCUT2D eigenvalue weighted by molar-refractivity contribution is -0.133. The van der Waals surface area contributed by atoms with Crippen molar-refractivity contribution in [2.75, 3.05) is 13.2 Å². The third-order valence-corrected chi connectivity index (χ3v) is 7.54. The van der Waals surface area contributed by atoms with E-state index in [1.165, 1.54) is 19.3 Å². The van der Waals surface area contributed by atoms with Crippen LogP contribution in [0.5, 0.6) is 0 Å².